The van der Waals surface area contributed by atoms with Gasteiger partial charge in [0.2, 0.25) is 0 Å². The summed E-state index contributed by atoms with van der Waals surface area (Å²) < 4.78 is 31.0. The van der Waals surface area contributed by atoms with Crippen LogP contribution in [0.15, 0.2) is 60.7 Å². The summed E-state index contributed by atoms with van der Waals surface area (Å²) in [5.41, 5.74) is 4.02. The highest BCUT2D eigenvalue weighted by Gasteiger charge is 2.21. The fraction of sp³-hybridized carbons (Fsp3) is 0.323. The monoisotopic (exact) mass is 488 g/mol. The van der Waals surface area contributed by atoms with Crippen molar-refractivity contribution in [1.29, 1.82) is 0 Å². The van der Waals surface area contributed by atoms with Crippen LogP contribution >= 0.6 is 0 Å². The van der Waals surface area contributed by atoms with E-state index in [1.165, 1.54) is 13.2 Å². The van der Waals surface area contributed by atoms with Crippen molar-refractivity contribution in [3.05, 3.63) is 83.2 Å². The number of benzene rings is 3. The lowest BCUT2D eigenvalue weighted by atomic mass is 9.81. The second kappa shape index (κ2) is 11.8. The Hall–Kier alpha value is -3.78. The molecule has 0 fully saturated rings. The van der Waals surface area contributed by atoms with Gasteiger partial charge in [0.25, 0.3) is 0 Å². The zero-order valence-corrected chi connectivity index (χ0v) is 21.8. The Balaban J connectivity index is 1.84. The van der Waals surface area contributed by atoms with Crippen LogP contribution in [-0.2, 0) is 21.6 Å². The lowest BCUT2D eigenvalue weighted by Crippen LogP contribution is -2.13. The van der Waals surface area contributed by atoms with E-state index >= 15 is 0 Å². The molecule has 3 rings (SSSR count). The lowest BCUT2D eigenvalue weighted by Gasteiger charge is -2.24. The Morgan fingerprint density at radius 1 is 0.944 bits per heavy atom. The van der Waals surface area contributed by atoms with Crippen molar-refractivity contribution in [2.24, 2.45) is 0 Å². The number of hydrogen-bond donors (Lipinski definition) is 0. The Morgan fingerprint density at radius 3 is 2.25 bits per heavy atom. The van der Waals surface area contributed by atoms with Crippen LogP contribution in [0.5, 0.6) is 11.5 Å². The van der Waals surface area contributed by atoms with Gasteiger partial charge in [-0.3, -0.25) is 4.79 Å². The molecule has 0 saturated carbocycles. The van der Waals surface area contributed by atoms with Crippen LogP contribution in [0.25, 0.3) is 11.1 Å². The topological polar surface area (TPSA) is 44.8 Å². The van der Waals surface area contributed by atoms with E-state index in [0.717, 1.165) is 22.3 Å². The maximum absolute atomic E-state index is 14.9. The molecule has 188 valence electrons. The highest BCUT2D eigenvalue weighted by molar-refractivity contribution is 5.72. The Bertz CT molecular complexity index is 1260. The van der Waals surface area contributed by atoms with Crippen LogP contribution in [0.2, 0.25) is 0 Å². The van der Waals surface area contributed by atoms with Gasteiger partial charge in [0, 0.05) is 5.56 Å². The summed E-state index contributed by atoms with van der Waals surface area (Å²) in [5.74, 6) is 6.40. The normalized spacial score (nSPS) is 11.8. The molecule has 3 aromatic rings. The molecule has 0 spiro atoms. The largest absolute Gasteiger partial charge is 0.497 e. The summed E-state index contributed by atoms with van der Waals surface area (Å²) in [7, 11) is 2.95. The van der Waals surface area contributed by atoms with Gasteiger partial charge in [-0.05, 0) is 71.0 Å². The molecule has 0 N–H and O–H groups in total. The van der Waals surface area contributed by atoms with E-state index < -0.39 is 0 Å². The molecule has 0 aliphatic rings. The number of hydrogen-bond acceptors (Lipinski definition) is 4. The maximum Gasteiger partial charge on any atom is 0.307 e. The second-order valence-corrected chi connectivity index (χ2v) is 9.56. The minimum Gasteiger partial charge on any atom is -0.497 e. The summed E-state index contributed by atoms with van der Waals surface area (Å²) >= 11 is 0. The number of carbonyl (C=O) groups excluding carboxylic acids is 1. The van der Waals surface area contributed by atoms with Gasteiger partial charge in [0.05, 0.1) is 26.6 Å². The molecule has 0 bridgehead atoms. The molecule has 0 radical (unpaired) electrons. The first-order chi connectivity index (χ1) is 17.2. The molecular formula is C31H33FO4. The average molecular weight is 489 g/mol. The number of rotatable bonds is 8. The number of methoxy groups -OCH3 is 2. The van der Waals surface area contributed by atoms with E-state index in [1.54, 1.807) is 26.2 Å². The number of ether oxygens (including phenoxy) is 3. The first kappa shape index (κ1) is 26.8. The second-order valence-electron chi connectivity index (χ2n) is 9.56. The molecule has 36 heavy (non-hydrogen) atoms. The number of esters is 1. The molecule has 5 heteroatoms. The van der Waals surface area contributed by atoms with Crippen molar-refractivity contribution >= 4 is 5.97 Å². The van der Waals surface area contributed by atoms with E-state index in [-0.39, 0.29) is 29.5 Å². The predicted octanol–water partition coefficient (Wildman–Crippen LogP) is 7.05. The molecule has 0 saturated heterocycles. The van der Waals surface area contributed by atoms with Crippen molar-refractivity contribution in [3.63, 3.8) is 0 Å². The van der Waals surface area contributed by atoms with Gasteiger partial charge in [0.15, 0.2) is 0 Å². The SMILES string of the molecule is CC#C[C@H](CC(=O)OC)c1ccc(OCc2ccc(C(C)(C)C)c(-c3cc(OC)ccc3F)c2)cc1. The van der Waals surface area contributed by atoms with Gasteiger partial charge in [-0.15, -0.1) is 5.92 Å². The zero-order chi connectivity index (χ0) is 26.3. The molecule has 0 aromatic heterocycles. The van der Waals surface area contributed by atoms with Crippen molar-refractivity contribution in [2.45, 2.75) is 52.1 Å². The van der Waals surface area contributed by atoms with Crippen LogP contribution in [0, 0.1) is 17.7 Å². The first-order valence-electron chi connectivity index (χ1n) is 11.9. The van der Waals surface area contributed by atoms with E-state index in [9.17, 15) is 9.18 Å². The molecule has 3 aromatic carbocycles. The fourth-order valence-corrected chi connectivity index (χ4v) is 4.04. The highest BCUT2D eigenvalue weighted by atomic mass is 19.1. The molecular weight excluding hydrogens is 455 g/mol. The Morgan fingerprint density at radius 2 is 1.64 bits per heavy atom. The summed E-state index contributed by atoms with van der Waals surface area (Å²) in [5, 5.41) is 0. The molecule has 0 aliphatic heterocycles. The molecule has 0 amide bonds. The standard InChI is InChI=1S/C31H33FO4/c1-7-8-23(18-30(33)35-6)22-10-12-24(13-11-22)36-20-21-9-15-28(31(2,3)4)26(17-21)27-19-25(34-5)14-16-29(27)32/h9-17,19,23H,18,20H2,1-6H3/t23-/m1/s1. The maximum atomic E-state index is 14.9. The molecule has 0 unspecified atom stereocenters. The van der Waals surface area contributed by atoms with Gasteiger partial charge < -0.3 is 14.2 Å². The smallest absolute Gasteiger partial charge is 0.307 e. The third-order valence-electron chi connectivity index (χ3n) is 5.96. The van der Waals surface area contributed by atoms with E-state index in [2.05, 4.69) is 32.6 Å². The van der Waals surface area contributed by atoms with E-state index in [4.69, 9.17) is 14.2 Å². The fourth-order valence-electron chi connectivity index (χ4n) is 4.04. The lowest BCUT2D eigenvalue weighted by molar-refractivity contribution is -0.140. The van der Waals surface area contributed by atoms with E-state index in [0.29, 0.717) is 23.7 Å². The van der Waals surface area contributed by atoms with Crippen LogP contribution in [0.1, 0.15) is 56.7 Å². The summed E-state index contributed by atoms with van der Waals surface area (Å²) in [6.45, 7) is 8.40. The van der Waals surface area contributed by atoms with Gasteiger partial charge in [-0.2, -0.15) is 0 Å². The Labute approximate surface area is 213 Å². The van der Waals surface area contributed by atoms with Crippen molar-refractivity contribution in [1.82, 2.24) is 0 Å². The quantitative estimate of drug-likeness (QED) is 0.252. The molecule has 0 aliphatic carbocycles. The summed E-state index contributed by atoms with van der Waals surface area (Å²) in [4.78, 5) is 11.7. The first-order valence-corrected chi connectivity index (χ1v) is 11.9. The highest BCUT2D eigenvalue weighted by Crippen LogP contribution is 2.37. The van der Waals surface area contributed by atoms with Crippen LogP contribution in [0.4, 0.5) is 4.39 Å². The van der Waals surface area contributed by atoms with Crippen LogP contribution in [-0.4, -0.2) is 20.2 Å². The third-order valence-corrected chi connectivity index (χ3v) is 5.96. The van der Waals surface area contributed by atoms with Gasteiger partial charge in [-0.25, -0.2) is 4.39 Å². The van der Waals surface area contributed by atoms with Gasteiger partial charge >= 0.3 is 5.97 Å². The Kier molecular flexibility index (Phi) is 8.77. The zero-order valence-electron chi connectivity index (χ0n) is 21.8. The molecule has 4 nitrogen and oxygen atoms in total. The minimum absolute atomic E-state index is 0.178. The minimum atomic E-state index is -0.301. The summed E-state index contributed by atoms with van der Waals surface area (Å²) in [6.07, 6.45) is 0.196. The number of carbonyl (C=O) groups is 1. The number of halogens is 1. The average Bonchev–Trinajstić information content (AvgIpc) is 2.87. The predicted molar refractivity (Wildman–Crippen MR) is 141 cm³/mol. The van der Waals surface area contributed by atoms with Gasteiger partial charge in [0.1, 0.15) is 23.9 Å². The van der Waals surface area contributed by atoms with Gasteiger partial charge in [-0.1, -0.05) is 51.0 Å². The third kappa shape index (κ3) is 6.66. The van der Waals surface area contributed by atoms with Crippen molar-refractivity contribution in [2.75, 3.05) is 14.2 Å². The van der Waals surface area contributed by atoms with Crippen LogP contribution < -0.4 is 9.47 Å². The molecule has 1 atom stereocenters. The molecule has 0 heterocycles. The van der Waals surface area contributed by atoms with Crippen molar-refractivity contribution in [3.8, 4) is 34.5 Å². The van der Waals surface area contributed by atoms with Crippen LogP contribution in [0.3, 0.4) is 0 Å². The summed E-state index contributed by atoms with van der Waals surface area (Å²) in [6, 6.07) is 18.4. The van der Waals surface area contributed by atoms with Crippen molar-refractivity contribution < 1.29 is 23.4 Å². The van der Waals surface area contributed by atoms with E-state index in [1.807, 2.05) is 42.5 Å².